The predicted molar refractivity (Wildman–Crippen MR) is 116 cm³/mol. The van der Waals surface area contributed by atoms with Crippen molar-refractivity contribution in [3.8, 4) is 5.69 Å². The van der Waals surface area contributed by atoms with Gasteiger partial charge in [-0.25, -0.2) is 4.79 Å². The molecular formula is C19H20N6O3S2. The number of benzene rings is 1. The van der Waals surface area contributed by atoms with Gasteiger partial charge in [-0.15, -0.1) is 21.5 Å². The second-order valence-corrected chi connectivity index (χ2v) is 8.17. The molecule has 0 aliphatic rings. The quantitative estimate of drug-likeness (QED) is 0.482. The van der Waals surface area contributed by atoms with Crippen molar-refractivity contribution in [2.24, 2.45) is 0 Å². The minimum atomic E-state index is -0.547. The van der Waals surface area contributed by atoms with Gasteiger partial charge in [-0.3, -0.25) is 19.5 Å². The topological polar surface area (TPSA) is 118 Å². The van der Waals surface area contributed by atoms with Crippen molar-refractivity contribution < 1.29 is 14.4 Å². The number of nitrogens with zero attached hydrogens (tertiary/aromatic N) is 3. The van der Waals surface area contributed by atoms with Crippen LogP contribution in [0.1, 0.15) is 17.6 Å². The molecule has 3 N–H and O–H groups in total. The third-order valence-electron chi connectivity index (χ3n) is 3.81. The Labute approximate surface area is 181 Å². The average molecular weight is 445 g/mol. The number of hydrogen-bond acceptors (Lipinski definition) is 7. The zero-order valence-electron chi connectivity index (χ0n) is 16.3. The van der Waals surface area contributed by atoms with Crippen molar-refractivity contribution in [2.75, 3.05) is 11.1 Å². The normalized spacial score (nSPS) is 10.5. The largest absolute Gasteiger partial charge is 0.333 e. The van der Waals surface area contributed by atoms with E-state index in [1.807, 2.05) is 23.6 Å². The SMILES string of the molecule is CC(=O)Nc1cccc(-n2c(C)nnc2SCC(=O)NC(=O)NCc2cccs2)c1. The number of anilines is 1. The highest BCUT2D eigenvalue weighted by atomic mass is 32.2. The molecule has 0 saturated carbocycles. The number of imide groups is 1. The van der Waals surface area contributed by atoms with Gasteiger partial charge >= 0.3 is 6.03 Å². The van der Waals surface area contributed by atoms with Crippen LogP contribution in [0.5, 0.6) is 0 Å². The Morgan fingerprint density at radius 3 is 2.73 bits per heavy atom. The maximum absolute atomic E-state index is 12.1. The number of hydrogen-bond donors (Lipinski definition) is 3. The number of thioether (sulfide) groups is 1. The van der Waals surface area contributed by atoms with Crippen LogP contribution in [0.15, 0.2) is 46.9 Å². The summed E-state index contributed by atoms with van der Waals surface area (Å²) in [5.41, 5.74) is 1.39. The van der Waals surface area contributed by atoms with Gasteiger partial charge in [-0.05, 0) is 36.6 Å². The Bertz CT molecular complexity index is 1050. The summed E-state index contributed by atoms with van der Waals surface area (Å²) in [6, 6.07) is 10.5. The summed E-state index contributed by atoms with van der Waals surface area (Å²) in [5, 5.41) is 18.3. The fourth-order valence-corrected chi connectivity index (χ4v) is 4.02. The van der Waals surface area contributed by atoms with Crippen LogP contribution in [-0.2, 0) is 16.1 Å². The molecule has 2 aromatic heterocycles. The van der Waals surface area contributed by atoms with Crippen LogP contribution in [0.25, 0.3) is 5.69 Å². The molecule has 30 heavy (non-hydrogen) atoms. The Hall–Kier alpha value is -3.18. The van der Waals surface area contributed by atoms with Crippen LogP contribution in [-0.4, -0.2) is 38.4 Å². The van der Waals surface area contributed by atoms with E-state index in [0.29, 0.717) is 23.2 Å². The van der Waals surface area contributed by atoms with E-state index >= 15 is 0 Å². The average Bonchev–Trinajstić information content (AvgIpc) is 3.34. The fraction of sp³-hybridized carbons (Fsp3) is 0.211. The summed E-state index contributed by atoms with van der Waals surface area (Å²) in [7, 11) is 0. The van der Waals surface area contributed by atoms with E-state index < -0.39 is 11.9 Å². The van der Waals surface area contributed by atoms with E-state index in [1.165, 1.54) is 18.3 Å². The van der Waals surface area contributed by atoms with Crippen LogP contribution in [0.2, 0.25) is 0 Å². The summed E-state index contributed by atoms with van der Waals surface area (Å²) < 4.78 is 1.78. The molecule has 0 bridgehead atoms. The summed E-state index contributed by atoms with van der Waals surface area (Å²) in [5.74, 6) is 0.0151. The van der Waals surface area contributed by atoms with Crippen molar-refractivity contribution in [3.63, 3.8) is 0 Å². The monoisotopic (exact) mass is 444 g/mol. The molecule has 0 atom stereocenters. The molecule has 0 spiro atoms. The highest BCUT2D eigenvalue weighted by Crippen LogP contribution is 2.23. The Morgan fingerprint density at radius 2 is 2.00 bits per heavy atom. The minimum Gasteiger partial charge on any atom is -0.333 e. The molecule has 156 valence electrons. The van der Waals surface area contributed by atoms with Crippen molar-refractivity contribution >= 4 is 46.6 Å². The molecule has 1 aromatic carbocycles. The number of carbonyl (C=O) groups is 3. The molecule has 2 heterocycles. The fourth-order valence-electron chi connectivity index (χ4n) is 2.58. The number of carbonyl (C=O) groups excluding carboxylic acids is 3. The van der Waals surface area contributed by atoms with E-state index in [0.717, 1.165) is 22.3 Å². The number of thiophene rings is 1. The van der Waals surface area contributed by atoms with Crippen molar-refractivity contribution in [3.05, 3.63) is 52.5 Å². The maximum atomic E-state index is 12.1. The third kappa shape index (κ3) is 5.91. The first-order valence-electron chi connectivity index (χ1n) is 8.95. The van der Waals surface area contributed by atoms with E-state index in [2.05, 4.69) is 26.1 Å². The van der Waals surface area contributed by atoms with Gasteiger partial charge in [0, 0.05) is 17.5 Å². The predicted octanol–water partition coefficient (Wildman–Crippen LogP) is 2.71. The minimum absolute atomic E-state index is 0.00403. The van der Waals surface area contributed by atoms with Crippen molar-refractivity contribution in [1.29, 1.82) is 0 Å². The van der Waals surface area contributed by atoms with Crippen LogP contribution in [0.4, 0.5) is 10.5 Å². The molecule has 0 aliphatic carbocycles. The van der Waals surface area contributed by atoms with Gasteiger partial charge in [0.1, 0.15) is 5.82 Å². The summed E-state index contributed by atoms with van der Waals surface area (Å²) in [4.78, 5) is 36.3. The van der Waals surface area contributed by atoms with Gasteiger partial charge in [0.05, 0.1) is 18.0 Å². The van der Waals surface area contributed by atoms with Crippen molar-refractivity contribution in [2.45, 2.75) is 25.5 Å². The lowest BCUT2D eigenvalue weighted by Gasteiger charge is -2.10. The lowest BCUT2D eigenvalue weighted by Crippen LogP contribution is -2.39. The summed E-state index contributed by atoms with van der Waals surface area (Å²) in [6.45, 7) is 3.59. The zero-order chi connectivity index (χ0) is 21.5. The van der Waals surface area contributed by atoms with Gasteiger partial charge in [0.15, 0.2) is 5.16 Å². The van der Waals surface area contributed by atoms with Crippen molar-refractivity contribution in [1.82, 2.24) is 25.4 Å². The van der Waals surface area contributed by atoms with Crippen LogP contribution in [0.3, 0.4) is 0 Å². The standard InChI is InChI=1S/C19H20N6O3S2/c1-12-23-24-19(25(12)15-6-3-5-14(9-15)21-13(2)26)30-11-17(27)22-18(28)20-10-16-7-4-8-29-16/h3-9H,10-11H2,1-2H3,(H,21,26)(H2,20,22,27,28). The molecule has 3 aromatic rings. The summed E-state index contributed by atoms with van der Waals surface area (Å²) in [6.07, 6.45) is 0. The lowest BCUT2D eigenvalue weighted by molar-refractivity contribution is -0.117. The smallest absolute Gasteiger partial charge is 0.321 e. The second-order valence-electron chi connectivity index (χ2n) is 6.20. The molecule has 0 saturated heterocycles. The molecule has 4 amide bonds. The first kappa shape index (κ1) is 21.5. The Kier molecular flexibility index (Phi) is 7.20. The highest BCUT2D eigenvalue weighted by Gasteiger charge is 2.15. The first-order chi connectivity index (χ1) is 14.4. The maximum Gasteiger partial charge on any atom is 0.321 e. The van der Waals surface area contributed by atoms with Gasteiger partial charge < -0.3 is 10.6 Å². The van der Waals surface area contributed by atoms with E-state index in [-0.39, 0.29) is 11.7 Å². The first-order valence-corrected chi connectivity index (χ1v) is 10.8. The Morgan fingerprint density at radius 1 is 1.17 bits per heavy atom. The van der Waals surface area contributed by atoms with E-state index in [4.69, 9.17) is 0 Å². The number of aryl methyl sites for hydroxylation is 1. The summed E-state index contributed by atoms with van der Waals surface area (Å²) >= 11 is 2.69. The number of nitrogens with one attached hydrogen (secondary N) is 3. The molecule has 0 aliphatic heterocycles. The van der Waals surface area contributed by atoms with Crippen LogP contribution < -0.4 is 16.0 Å². The van der Waals surface area contributed by atoms with Gasteiger partial charge in [-0.2, -0.15) is 0 Å². The molecule has 0 fully saturated rings. The number of urea groups is 1. The van der Waals surface area contributed by atoms with E-state index in [9.17, 15) is 14.4 Å². The number of rotatable bonds is 7. The number of amides is 4. The lowest BCUT2D eigenvalue weighted by atomic mass is 10.2. The molecule has 3 rings (SSSR count). The van der Waals surface area contributed by atoms with Gasteiger partial charge in [-0.1, -0.05) is 23.9 Å². The Balaban J connectivity index is 1.59. The molecule has 11 heteroatoms. The second kappa shape index (κ2) is 10.0. The molecule has 9 nitrogen and oxygen atoms in total. The third-order valence-corrected chi connectivity index (χ3v) is 5.61. The van der Waals surface area contributed by atoms with Gasteiger partial charge in [0.2, 0.25) is 11.8 Å². The molecule has 0 radical (unpaired) electrons. The molecular weight excluding hydrogens is 424 g/mol. The molecule has 0 unspecified atom stereocenters. The van der Waals surface area contributed by atoms with Gasteiger partial charge in [0.25, 0.3) is 0 Å². The van der Waals surface area contributed by atoms with E-state index in [1.54, 1.807) is 29.7 Å². The highest BCUT2D eigenvalue weighted by molar-refractivity contribution is 7.99. The van der Waals surface area contributed by atoms with Crippen LogP contribution in [0, 0.1) is 6.92 Å². The number of aromatic nitrogens is 3. The van der Waals surface area contributed by atoms with Crippen LogP contribution >= 0.6 is 23.1 Å². The zero-order valence-corrected chi connectivity index (χ0v) is 18.0.